The molecule has 1 fully saturated rings. The fourth-order valence-corrected chi connectivity index (χ4v) is 2.60. The van der Waals surface area contributed by atoms with E-state index in [0.29, 0.717) is 18.1 Å². The summed E-state index contributed by atoms with van der Waals surface area (Å²) in [7, 11) is 1.66. The van der Waals surface area contributed by atoms with Gasteiger partial charge in [0.25, 0.3) is 5.69 Å². The standard InChI is InChI=1S/C13H18N4O4/c1-21-8-9-4-5-16(7-9)12-3-2-10(17(19)20)6-11(12)13(14)15-18/h2-3,6,9,18H,4-5,7-8H2,1H3,(H2,14,15). The number of nitro groups is 1. The van der Waals surface area contributed by atoms with E-state index in [1.54, 1.807) is 13.2 Å². The van der Waals surface area contributed by atoms with E-state index in [-0.39, 0.29) is 11.5 Å². The van der Waals surface area contributed by atoms with Crippen LogP contribution in [0.2, 0.25) is 0 Å². The first-order valence-electron chi connectivity index (χ1n) is 6.57. The van der Waals surface area contributed by atoms with Gasteiger partial charge >= 0.3 is 0 Å². The number of anilines is 1. The summed E-state index contributed by atoms with van der Waals surface area (Å²) >= 11 is 0. The van der Waals surface area contributed by atoms with Crippen LogP contribution < -0.4 is 10.6 Å². The maximum Gasteiger partial charge on any atom is 0.270 e. The van der Waals surface area contributed by atoms with E-state index < -0.39 is 4.92 Å². The Balaban J connectivity index is 2.33. The van der Waals surface area contributed by atoms with Crippen LogP contribution in [0.15, 0.2) is 23.4 Å². The lowest BCUT2D eigenvalue weighted by atomic mass is 10.1. The molecule has 1 atom stereocenters. The normalized spacial score (nSPS) is 19.0. The third kappa shape index (κ3) is 3.22. The van der Waals surface area contributed by atoms with Crippen LogP contribution in [0.4, 0.5) is 11.4 Å². The predicted octanol–water partition coefficient (Wildman–Crippen LogP) is 1.16. The molecule has 1 aliphatic heterocycles. The minimum atomic E-state index is -0.504. The lowest BCUT2D eigenvalue weighted by Crippen LogP contribution is -2.25. The average Bonchev–Trinajstić information content (AvgIpc) is 2.94. The molecule has 1 unspecified atom stereocenters. The molecule has 0 saturated carbocycles. The van der Waals surface area contributed by atoms with Gasteiger partial charge in [0.15, 0.2) is 5.84 Å². The summed E-state index contributed by atoms with van der Waals surface area (Å²) in [4.78, 5) is 12.4. The van der Waals surface area contributed by atoms with Crippen molar-refractivity contribution in [3.8, 4) is 0 Å². The molecule has 0 bridgehead atoms. The molecule has 1 heterocycles. The summed E-state index contributed by atoms with van der Waals surface area (Å²) in [6.45, 7) is 2.25. The van der Waals surface area contributed by atoms with Crippen LogP contribution in [0.5, 0.6) is 0 Å². The number of nitrogens with two attached hydrogens (primary N) is 1. The lowest BCUT2D eigenvalue weighted by Gasteiger charge is -2.21. The zero-order valence-corrected chi connectivity index (χ0v) is 11.7. The topological polar surface area (TPSA) is 114 Å². The zero-order valence-electron chi connectivity index (χ0n) is 11.7. The Morgan fingerprint density at radius 3 is 3.05 bits per heavy atom. The summed E-state index contributed by atoms with van der Waals surface area (Å²) < 4.78 is 5.15. The number of hydrogen-bond donors (Lipinski definition) is 2. The summed E-state index contributed by atoms with van der Waals surface area (Å²) in [5, 5.41) is 22.7. The maximum absolute atomic E-state index is 10.9. The van der Waals surface area contributed by atoms with Crippen LogP contribution >= 0.6 is 0 Å². The highest BCUT2D eigenvalue weighted by Gasteiger charge is 2.26. The lowest BCUT2D eigenvalue weighted by molar-refractivity contribution is -0.384. The van der Waals surface area contributed by atoms with Crippen LogP contribution in [0.1, 0.15) is 12.0 Å². The summed E-state index contributed by atoms with van der Waals surface area (Å²) in [6, 6.07) is 4.39. The van der Waals surface area contributed by atoms with Gasteiger partial charge in [0.2, 0.25) is 0 Å². The maximum atomic E-state index is 10.9. The monoisotopic (exact) mass is 294 g/mol. The van der Waals surface area contributed by atoms with Crippen molar-refractivity contribution >= 4 is 17.2 Å². The molecule has 1 aromatic carbocycles. The predicted molar refractivity (Wildman–Crippen MR) is 77.8 cm³/mol. The Morgan fingerprint density at radius 2 is 2.43 bits per heavy atom. The van der Waals surface area contributed by atoms with Crippen molar-refractivity contribution in [3.05, 3.63) is 33.9 Å². The largest absolute Gasteiger partial charge is 0.409 e. The number of oxime groups is 1. The van der Waals surface area contributed by atoms with E-state index >= 15 is 0 Å². The minimum Gasteiger partial charge on any atom is -0.409 e. The van der Waals surface area contributed by atoms with E-state index in [1.165, 1.54) is 12.1 Å². The molecule has 8 heteroatoms. The minimum absolute atomic E-state index is 0.0898. The molecular formula is C13H18N4O4. The second kappa shape index (κ2) is 6.40. The highest BCUT2D eigenvalue weighted by molar-refractivity contribution is 6.02. The molecule has 3 N–H and O–H groups in total. The highest BCUT2D eigenvalue weighted by Crippen LogP contribution is 2.30. The van der Waals surface area contributed by atoms with Crippen LogP contribution in [-0.4, -0.2) is 42.8 Å². The molecule has 0 amide bonds. The number of nitrogens with zero attached hydrogens (tertiary/aromatic N) is 3. The number of rotatable bonds is 5. The van der Waals surface area contributed by atoms with Crippen molar-refractivity contribution in [1.82, 2.24) is 0 Å². The molecule has 0 aromatic heterocycles. The molecule has 0 spiro atoms. The van der Waals surface area contributed by atoms with Crippen molar-refractivity contribution in [2.24, 2.45) is 16.8 Å². The van der Waals surface area contributed by atoms with Gasteiger partial charge < -0.3 is 20.6 Å². The molecule has 114 valence electrons. The van der Waals surface area contributed by atoms with Crippen molar-refractivity contribution in [1.29, 1.82) is 0 Å². The van der Waals surface area contributed by atoms with Gasteiger partial charge in [-0.3, -0.25) is 10.1 Å². The van der Waals surface area contributed by atoms with Gasteiger partial charge in [-0.15, -0.1) is 0 Å². The summed E-state index contributed by atoms with van der Waals surface area (Å²) in [5.41, 5.74) is 6.66. The van der Waals surface area contributed by atoms with Gasteiger partial charge in [0.1, 0.15) is 0 Å². The fraction of sp³-hybridized carbons (Fsp3) is 0.462. The molecule has 1 aliphatic rings. The number of amidine groups is 1. The number of non-ortho nitro benzene ring substituents is 1. The quantitative estimate of drug-likeness (QED) is 0.277. The van der Waals surface area contributed by atoms with Gasteiger partial charge in [-0.25, -0.2) is 0 Å². The van der Waals surface area contributed by atoms with E-state index in [4.69, 9.17) is 15.7 Å². The third-order valence-electron chi connectivity index (χ3n) is 3.60. The van der Waals surface area contributed by atoms with Crippen molar-refractivity contribution < 1.29 is 14.9 Å². The molecule has 8 nitrogen and oxygen atoms in total. The number of nitro benzene ring substituents is 1. The molecule has 1 aromatic rings. The first-order chi connectivity index (χ1) is 10.1. The van der Waals surface area contributed by atoms with E-state index in [2.05, 4.69) is 10.1 Å². The van der Waals surface area contributed by atoms with E-state index in [9.17, 15) is 10.1 Å². The van der Waals surface area contributed by atoms with E-state index in [1.807, 2.05) is 0 Å². The van der Waals surface area contributed by atoms with Gasteiger partial charge in [-0.1, -0.05) is 5.16 Å². The summed E-state index contributed by atoms with van der Waals surface area (Å²) in [5.74, 6) is 0.272. The van der Waals surface area contributed by atoms with Crippen LogP contribution in [0.25, 0.3) is 0 Å². The smallest absolute Gasteiger partial charge is 0.270 e. The van der Waals surface area contributed by atoms with Crippen LogP contribution in [-0.2, 0) is 4.74 Å². The first kappa shape index (κ1) is 15.0. The Hall–Kier alpha value is -2.35. The second-order valence-corrected chi connectivity index (χ2v) is 5.00. The SMILES string of the molecule is COCC1CCN(c2ccc([N+](=O)[O-])cc2C(N)=NO)C1. The Kier molecular flexibility index (Phi) is 4.59. The Bertz CT molecular complexity index is 561. The van der Waals surface area contributed by atoms with Crippen molar-refractivity contribution in [2.45, 2.75) is 6.42 Å². The van der Waals surface area contributed by atoms with Gasteiger partial charge in [-0.05, 0) is 12.5 Å². The number of methoxy groups -OCH3 is 1. The molecule has 0 radical (unpaired) electrons. The molecule has 2 rings (SSSR count). The van der Waals surface area contributed by atoms with Crippen LogP contribution in [0, 0.1) is 16.0 Å². The Morgan fingerprint density at radius 1 is 1.67 bits per heavy atom. The number of benzene rings is 1. The number of hydrogen-bond acceptors (Lipinski definition) is 6. The fourth-order valence-electron chi connectivity index (χ4n) is 2.60. The van der Waals surface area contributed by atoms with Gasteiger partial charge in [-0.2, -0.15) is 0 Å². The van der Waals surface area contributed by atoms with Crippen molar-refractivity contribution in [3.63, 3.8) is 0 Å². The van der Waals surface area contributed by atoms with Gasteiger partial charge in [0, 0.05) is 43.9 Å². The third-order valence-corrected chi connectivity index (χ3v) is 3.60. The second-order valence-electron chi connectivity index (χ2n) is 5.00. The van der Waals surface area contributed by atoms with Gasteiger partial charge in [0.05, 0.1) is 17.1 Å². The first-order valence-corrected chi connectivity index (χ1v) is 6.57. The Labute approximate surface area is 121 Å². The molecule has 1 saturated heterocycles. The molecular weight excluding hydrogens is 276 g/mol. The average molecular weight is 294 g/mol. The zero-order chi connectivity index (χ0) is 15.4. The van der Waals surface area contributed by atoms with Crippen molar-refractivity contribution in [2.75, 3.05) is 31.7 Å². The van der Waals surface area contributed by atoms with E-state index in [0.717, 1.165) is 25.2 Å². The number of ether oxygens (including phenoxy) is 1. The molecule has 0 aliphatic carbocycles. The molecule has 21 heavy (non-hydrogen) atoms. The van der Waals surface area contributed by atoms with Crippen LogP contribution in [0.3, 0.4) is 0 Å². The summed E-state index contributed by atoms with van der Waals surface area (Å²) in [6.07, 6.45) is 0.973. The highest BCUT2D eigenvalue weighted by atomic mass is 16.6.